The first-order valence-corrected chi connectivity index (χ1v) is 9.93. The minimum absolute atomic E-state index is 0.00454. The monoisotopic (exact) mass is 332 g/mol. The third kappa shape index (κ3) is 4.48. The molecule has 0 spiro atoms. The zero-order valence-electron chi connectivity index (χ0n) is 15.5. The summed E-state index contributed by atoms with van der Waals surface area (Å²) in [6.45, 7) is 5.60. The van der Waals surface area contributed by atoms with Gasteiger partial charge >= 0.3 is 0 Å². The van der Waals surface area contributed by atoms with E-state index in [0.29, 0.717) is 17.3 Å². The molecule has 0 aromatic heterocycles. The molecule has 0 aromatic carbocycles. The Balaban J connectivity index is 1.49. The standard InChI is InChI=1S/C20H36N4/c1-15-8-10-16(11-9-15)17-6-3-4-7-18(17)19(21)23-24-22-14-20(2)12-5-13-20/h8,10,17-19,22-24H,3-7,9,11-14,21H2,1-2H3. The molecule has 0 amide bonds. The molecule has 4 nitrogen and oxygen atoms in total. The number of nitrogens with two attached hydrogens (primary N) is 1. The van der Waals surface area contributed by atoms with E-state index >= 15 is 0 Å². The van der Waals surface area contributed by atoms with E-state index in [4.69, 9.17) is 5.73 Å². The summed E-state index contributed by atoms with van der Waals surface area (Å²) in [5.74, 6) is 1.18. The molecule has 4 heteroatoms. The Kier molecular flexibility index (Phi) is 6.14. The van der Waals surface area contributed by atoms with Gasteiger partial charge in [-0.05, 0) is 62.7 Å². The molecule has 0 bridgehead atoms. The van der Waals surface area contributed by atoms with E-state index in [1.165, 1.54) is 63.4 Å². The Morgan fingerprint density at radius 3 is 2.62 bits per heavy atom. The maximum atomic E-state index is 6.51. The van der Waals surface area contributed by atoms with Crippen molar-refractivity contribution in [1.29, 1.82) is 0 Å². The third-order valence-corrected chi connectivity index (χ3v) is 6.55. The SMILES string of the molecule is CC1=CC=C(C2CCCCC2C(N)NNNCC2(C)CCC2)CC1. The highest BCUT2D eigenvalue weighted by Crippen LogP contribution is 2.40. The van der Waals surface area contributed by atoms with Crippen LogP contribution in [0.15, 0.2) is 23.3 Å². The van der Waals surface area contributed by atoms with Crippen LogP contribution in [0.2, 0.25) is 0 Å². The lowest BCUT2D eigenvalue weighted by atomic mass is 9.71. The molecule has 0 aliphatic heterocycles. The fraction of sp³-hybridized carbons (Fsp3) is 0.800. The smallest absolute Gasteiger partial charge is 0.0726 e. The van der Waals surface area contributed by atoms with Crippen LogP contribution in [0, 0.1) is 17.3 Å². The van der Waals surface area contributed by atoms with Gasteiger partial charge in [0, 0.05) is 6.54 Å². The summed E-state index contributed by atoms with van der Waals surface area (Å²) < 4.78 is 0. The van der Waals surface area contributed by atoms with Crippen LogP contribution in [0.25, 0.3) is 0 Å². The summed E-state index contributed by atoms with van der Waals surface area (Å²) in [6, 6.07) is 0. The molecule has 3 rings (SSSR count). The van der Waals surface area contributed by atoms with Crippen molar-refractivity contribution in [2.75, 3.05) is 6.54 Å². The van der Waals surface area contributed by atoms with Gasteiger partial charge in [-0.25, -0.2) is 10.9 Å². The molecule has 3 aliphatic carbocycles. The molecule has 0 aromatic rings. The van der Waals surface area contributed by atoms with Crippen LogP contribution in [0.1, 0.15) is 71.6 Å². The molecule has 2 fully saturated rings. The van der Waals surface area contributed by atoms with Crippen molar-refractivity contribution in [3.8, 4) is 0 Å². The molecule has 0 heterocycles. The summed E-state index contributed by atoms with van der Waals surface area (Å²) in [5.41, 5.74) is 20.0. The van der Waals surface area contributed by atoms with E-state index in [1.807, 2.05) is 0 Å². The second-order valence-electron chi connectivity index (χ2n) is 8.62. The molecule has 5 N–H and O–H groups in total. The quantitative estimate of drug-likeness (QED) is 0.327. The van der Waals surface area contributed by atoms with E-state index in [-0.39, 0.29) is 6.17 Å². The van der Waals surface area contributed by atoms with Crippen LogP contribution in [-0.4, -0.2) is 12.7 Å². The van der Waals surface area contributed by atoms with Crippen LogP contribution in [0.3, 0.4) is 0 Å². The van der Waals surface area contributed by atoms with Crippen molar-refractivity contribution in [3.05, 3.63) is 23.3 Å². The minimum atomic E-state index is 0.00454. The highest BCUT2D eigenvalue weighted by atomic mass is 15.6. The second-order valence-corrected chi connectivity index (χ2v) is 8.62. The van der Waals surface area contributed by atoms with Crippen molar-refractivity contribution in [2.24, 2.45) is 23.0 Å². The molecular weight excluding hydrogens is 296 g/mol. The lowest BCUT2D eigenvalue weighted by Crippen LogP contribution is -2.58. The molecule has 0 radical (unpaired) electrons. The fourth-order valence-corrected chi connectivity index (χ4v) is 4.57. The van der Waals surface area contributed by atoms with Crippen molar-refractivity contribution in [1.82, 2.24) is 16.4 Å². The molecule has 0 saturated heterocycles. The second kappa shape index (κ2) is 8.13. The van der Waals surface area contributed by atoms with E-state index in [0.717, 1.165) is 6.54 Å². The lowest BCUT2D eigenvalue weighted by molar-refractivity contribution is 0.134. The molecule has 24 heavy (non-hydrogen) atoms. The van der Waals surface area contributed by atoms with Crippen LogP contribution in [0.5, 0.6) is 0 Å². The van der Waals surface area contributed by atoms with E-state index < -0.39 is 0 Å². The summed E-state index contributed by atoms with van der Waals surface area (Å²) in [5, 5.41) is 0. The highest BCUT2D eigenvalue weighted by molar-refractivity contribution is 5.25. The zero-order chi connectivity index (χ0) is 17.0. The van der Waals surface area contributed by atoms with Gasteiger partial charge in [-0.1, -0.05) is 49.5 Å². The molecular formula is C20H36N4. The maximum Gasteiger partial charge on any atom is 0.0726 e. The van der Waals surface area contributed by atoms with E-state index in [2.05, 4.69) is 42.4 Å². The van der Waals surface area contributed by atoms with Gasteiger partial charge in [-0.3, -0.25) is 0 Å². The van der Waals surface area contributed by atoms with E-state index in [9.17, 15) is 0 Å². The predicted molar refractivity (Wildman–Crippen MR) is 101 cm³/mol. The number of hydrazine groups is 2. The third-order valence-electron chi connectivity index (χ3n) is 6.55. The van der Waals surface area contributed by atoms with Gasteiger partial charge in [0.1, 0.15) is 0 Å². The van der Waals surface area contributed by atoms with Gasteiger partial charge < -0.3 is 5.73 Å². The highest BCUT2D eigenvalue weighted by Gasteiger charge is 2.33. The normalized spacial score (nSPS) is 31.0. The summed E-state index contributed by atoms with van der Waals surface area (Å²) in [4.78, 5) is 0. The molecule has 2 saturated carbocycles. The average Bonchev–Trinajstić information content (AvgIpc) is 2.57. The van der Waals surface area contributed by atoms with Crippen molar-refractivity contribution in [3.63, 3.8) is 0 Å². The van der Waals surface area contributed by atoms with Crippen LogP contribution in [0.4, 0.5) is 0 Å². The van der Waals surface area contributed by atoms with Gasteiger partial charge in [0.15, 0.2) is 0 Å². The number of hydrogen-bond donors (Lipinski definition) is 4. The Hall–Kier alpha value is -0.680. The van der Waals surface area contributed by atoms with Gasteiger partial charge in [0.2, 0.25) is 0 Å². The average molecular weight is 333 g/mol. The van der Waals surface area contributed by atoms with Crippen molar-refractivity contribution >= 4 is 0 Å². The summed E-state index contributed by atoms with van der Waals surface area (Å²) in [6.07, 6.45) is 16.3. The predicted octanol–water partition coefficient (Wildman–Crippen LogP) is 3.53. The lowest BCUT2D eigenvalue weighted by Gasteiger charge is -2.40. The Labute approximate surface area is 147 Å². The van der Waals surface area contributed by atoms with Crippen molar-refractivity contribution in [2.45, 2.75) is 77.8 Å². The van der Waals surface area contributed by atoms with E-state index in [1.54, 1.807) is 5.57 Å². The van der Waals surface area contributed by atoms with Crippen LogP contribution < -0.4 is 22.1 Å². The topological polar surface area (TPSA) is 62.1 Å². The Bertz CT molecular complexity index is 478. The fourth-order valence-electron chi connectivity index (χ4n) is 4.57. The number of nitrogens with one attached hydrogen (secondary N) is 3. The minimum Gasteiger partial charge on any atom is -0.315 e. The first kappa shape index (κ1) is 18.1. The van der Waals surface area contributed by atoms with Gasteiger partial charge in [0.05, 0.1) is 6.17 Å². The molecule has 3 aliphatic rings. The van der Waals surface area contributed by atoms with Crippen LogP contribution >= 0.6 is 0 Å². The number of hydrogen-bond acceptors (Lipinski definition) is 4. The first-order chi connectivity index (χ1) is 11.6. The largest absolute Gasteiger partial charge is 0.315 e. The maximum absolute atomic E-state index is 6.51. The molecule has 136 valence electrons. The number of rotatable bonds is 7. The molecule has 3 unspecified atom stereocenters. The summed E-state index contributed by atoms with van der Waals surface area (Å²) in [7, 11) is 0. The summed E-state index contributed by atoms with van der Waals surface area (Å²) >= 11 is 0. The van der Waals surface area contributed by atoms with Crippen molar-refractivity contribution < 1.29 is 0 Å². The Morgan fingerprint density at radius 2 is 1.96 bits per heavy atom. The van der Waals surface area contributed by atoms with Crippen LogP contribution in [-0.2, 0) is 0 Å². The zero-order valence-corrected chi connectivity index (χ0v) is 15.5. The van der Waals surface area contributed by atoms with Gasteiger partial charge in [0.25, 0.3) is 0 Å². The number of allylic oxidation sites excluding steroid dienone is 4. The Morgan fingerprint density at radius 1 is 1.17 bits per heavy atom. The van der Waals surface area contributed by atoms with Gasteiger partial charge in [-0.2, -0.15) is 5.53 Å². The van der Waals surface area contributed by atoms with Gasteiger partial charge in [-0.15, -0.1) is 0 Å². The molecule has 3 atom stereocenters. The first-order valence-electron chi connectivity index (χ1n) is 9.93.